The Hall–Kier alpha value is -0.450. The van der Waals surface area contributed by atoms with Crippen LogP contribution in [-0.2, 0) is 6.42 Å². The van der Waals surface area contributed by atoms with Gasteiger partial charge in [-0.15, -0.1) is 10.2 Å². The SMILES string of the molecule is Clc1nnc(Cc2cccc(Br)c2)s1. The summed E-state index contributed by atoms with van der Waals surface area (Å²) in [5.41, 5.74) is 1.20. The van der Waals surface area contributed by atoms with E-state index < -0.39 is 0 Å². The first-order chi connectivity index (χ1) is 6.74. The van der Waals surface area contributed by atoms with Crippen LogP contribution in [0.25, 0.3) is 0 Å². The Kier molecular flexibility index (Phi) is 3.15. The Morgan fingerprint density at radius 2 is 2.21 bits per heavy atom. The van der Waals surface area contributed by atoms with E-state index in [9.17, 15) is 0 Å². The number of rotatable bonds is 2. The lowest BCUT2D eigenvalue weighted by Gasteiger charge is -1.97. The summed E-state index contributed by atoms with van der Waals surface area (Å²) in [6, 6.07) is 8.12. The van der Waals surface area contributed by atoms with Crippen LogP contribution >= 0.6 is 38.9 Å². The third kappa shape index (κ3) is 2.53. The van der Waals surface area contributed by atoms with E-state index >= 15 is 0 Å². The predicted octanol–water partition coefficient (Wildman–Crippen LogP) is 3.54. The molecule has 72 valence electrons. The van der Waals surface area contributed by atoms with Gasteiger partial charge in [0.1, 0.15) is 5.01 Å². The second kappa shape index (κ2) is 4.38. The molecule has 0 radical (unpaired) electrons. The molecule has 0 saturated carbocycles. The Bertz CT molecular complexity index is 444. The highest BCUT2D eigenvalue weighted by Gasteiger charge is 2.03. The van der Waals surface area contributed by atoms with E-state index in [1.807, 2.05) is 12.1 Å². The van der Waals surface area contributed by atoms with Gasteiger partial charge in [-0.1, -0.05) is 39.4 Å². The number of hydrogen-bond acceptors (Lipinski definition) is 3. The van der Waals surface area contributed by atoms with Gasteiger partial charge in [0.15, 0.2) is 0 Å². The van der Waals surface area contributed by atoms with Crippen LogP contribution in [0.15, 0.2) is 28.7 Å². The van der Waals surface area contributed by atoms with Crippen molar-refractivity contribution in [1.29, 1.82) is 0 Å². The molecule has 0 N–H and O–H groups in total. The lowest BCUT2D eigenvalue weighted by atomic mass is 10.2. The van der Waals surface area contributed by atoms with Gasteiger partial charge < -0.3 is 0 Å². The van der Waals surface area contributed by atoms with Gasteiger partial charge in [0.2, 0.25) is 4.47 Å². The minimum atomic E-state index is 0.495. The zero-order valence-electron chi connectivity index (χ0n) is 7.08. The zero-order chi connectivity index (χ0) is 9.97. The van der Waals surface area contributed by atoms with Crippen LogP contribution < -0.4 is 0 Å². The molecule has 1 aromatic carbocycles. The Morgan fingerprint density at radius 3 is 2.86 bits per heavy atom. The van der Waals surface area contributed by atoms with Crippen LogP contribution in [0, 0.1) is 0 Å². The second-order valence-electron chi connectivity index (χ2n) is 2.76. The molecule has 5 heteroatoms. The largest absolute Gasteiger partial charge is 0.207 e. The van der Waals surface area contributed by atoms with Crippen molar-refractivity contribution >= 4 is 38.9 Å². The van der Waals surface area contributed by atoms with E-state index in [0.717, 1.165) is 15.9 Å². The van der Waals surface area contributed by atoms with Gasteiger partial charge in [-0.2, -0.15) is 0 Å². The van der Waals surface area contributed by atoms with E-state index in [4.69, 9.17) is 11.6 Å². The van der Waals surface area contributed by atoms with Gasteiger partial charge in [-0.05, 0) is 29.3 Å². The first kappa shape index (κ1) is 10.1. The smallest absolute Gasteiger partial charge is 0.142 e. The molecule has 1 heterocycles. The van der Waals surface area contributed by atoms with Crippen LogP contribution in [-0.4, -0.2) is 10.2 Å². The average Bonchev–Trinajstić information content (AvgIpc) is 2.51. The molecule has 0 fully saturated rings. The molecule has 14 heavy (non-hydrogen) atoms. The summed E-state index contributed by atoms with van der Waals surface area (Å²) < 4.78 is 1.57. The molecule has 0 bridgehead atoms. The van der Waals surface area contributed by atoms with E-state index in [-0.39, 0.29) is 0 Å². The monoisotopic (exact) mass is 288 g/mol. The highest BCUT2D eigenvalue weighted by molar-refractivity contribution is 9.10. The first-order valence-electron chi connectivity index (χ1n) is 3.96. The molecule has 0 aliphatic rings. The van der Waals surface area contributed by atoms with Gasteiger partial charge >= 0.3 is 0 Å². The van der Waals surface area contributed by atoms with Crippen LogP contribution in [0.1, 0.15) is 10.6 Å². The van der Waals surface area contributed by atoms with Crippen molar-refractivity contribution in [1.82, 2.24) is 10.2 Å². The molecule has 0 aliphatic carbocycles. The van der Waals surface area contributed by atoms with Crippen LogP contribution in [0.3, 0.4) is 0 Å². The Morgan fingerprint density at radius 1 is 1.36 bits per heavy atom. The molecule has 2 nitrogen and oxygen atoms in total. The van der Waals surface area contributed by atoms with E-state index in [0.29, 0.717) is 4.47 Å². The maximum atomic E-state index is 5.69. The fourth-order valence-corrected chi connectivity index (χ4v) is 2.47. The molecular weight excluding hydrogens is 284 g/mol. The molecule has 0 aliphatic heterocycles. The molecule has 2 aromatic rings. The molecule has 0 amide bonds. The summed E-state index contributed by atoms with van der Waals surface area (Å²) in [5, 5.41) is 8.66. The summed E-state index contributed by atoms with van der Waals surface area (Å²) in [6.07, 6.45) is 0.782. The van der Waals surface area contributed by atoms with Gasteiger partial charge in [-0.3, -0.25) is 0 Å². The number of nitrogens with zero attached hydrogens (tertiary/aromatic N) is 2. The lowest BCUT2D eigenvalue weighted by Crippen LogP contribution is -1.86. The molecule has 1 aromatic heterocycles. The van der Waals surface area contributed by atoms with Crippen molar-refractivity contribution in [2.45, 2.75) is 6.42 Å². The van der Waals surface area contributed by atoms with Crippen molar-refractivity contribution in [3.05, 3.63) is 43.8 Å². The van der Waals surface area contributed by atoms with E-state index in [1.54, 1.807) is 0 Å². The quantitative estimate of drug-likeness (QED) is 0.845. The van der Waals surface area contributed by atoms with Gasteiger partial charge in [0.05, 0.1) is 0 Å². The third-order valence-corrected chi connectivity index (χ3v) is 3.20. The molecule has 0 unspecified atom stereocenters. The Balaban J connectivity index is 2.18. The van der Waals surface area contributed by atoms with Crippen molar-refractivity contribution in [2.75, 3.05) is 0 Å². The van der Waals surface area contributed by atoms with E-state index in [1.165, 1.54) is 16.9 Å². The molecule has 0 saturated heterocycles. The minimum Gasteiger partial charge on any atom is -0.142 e. The van der Waals surface area contributed by atoms with Gasteiger partial charge in [0, 0.05) is 10.9 Å². The fourth-order valence-electron chi connectivity index (χ4n) is 1.13. The number of benzene rings is 1. The molecule has 0 spiro atoms. The molecule has 2 rings (SSSR count). The van der Waals surface area contributed by atoms with E-state index in [2.05, 4.69) is 38.3 Å². The highest BCUT2D eigenvalue weighted by atomic mass is 79.9. The van der Waals surface area contributed by atoms with Crippen molar-refractivity contribution in [3.8, 4) is 0 Å². The van der Waals surface area contributed by atoms with Crippen molar-refractivity contribution in [2.24, 2.45) is 0 Å². The topological polar surface area (TPSA) is 25.8 Å². The third-order valence-electron chi connectivity index (χ3n) is 1.69. The predicted molar refractivity (Wildman–Crippen MR) is 61.9 cm³/mol. The second-order valence-corrected chi connectivity index (χ2v) is 5.32. The standard InChI is InChI=1S/C9H6BrClN2S/c10-7-3-1-2-6(4-7)5-8-12-13-9(11)14-8/h1-4H,5H2. The van der Waals surface area contributed by atoms with Crippen molar-refractivity contribution < 1.29 is 0 Å². The lowest BCUT2D eigenvalue weighted by molar-refractivity contribution is 1.00. The summed E-state index contributed by atoms with van der Waals surface area (Å²) >= 11 is 10.5. The summed E-state index contributed by atoms with van der Waals surface area (Å²) in [6.45, 7) is 0. The molecular formula is C9H6BrClN2S. The maximum Gasteiger partial charge on any atom is 0.207 e. The van der Waals surface area contributed by atoms with Crippen LogP contribution in [0.5, 0.6) is 0 Å². The zero-order valence-corrected chi connectivity index (χ0v) is 10.2. The summed E-state index contributed by atoms with van der Waals surface area (Å²) in [4.78, 5) is 0. The summed E-state index contributed by atoms with van der Waals surface area (Å²) in [7, 11) is 0. The fraction of sp³-hybridized carbons (Fsp3) is 0.111. The van der Waals surface area contributed by atoms with Crippen LogP contribution in [0.4, 0.5) is 0 Å². The number of halogens is 2. The van der Waals surface area contributed by atoms with Crippen molar-refractivity contribution in [3.63, 3.8) is 0 Å². The number of hydrogen-bond donors (Lipinski definition) is 0. The van der Waals surface area contributed by atoms with Gasteiger partial charge in [-0.25, -0.2) is 0 Å². The first-order valence-corrected chi connectivity index (χ1v) is 5.95. The highest BCUT2D eigenvalue weighted by Crippen LogP contribution is 2.19. The Labute approximate surface area is 99.1 Å². The number of aromatic nitrogens is 2. The molecule has 0 atom stereocenters. The van der Waals surface area contributed by atoms with Crippen LogP contribution in [0.2, 0.25) is 4.47 Å². The minimum absolute atomic E-state index is 0.495. The normalized spacial score (nSPS) is 10.4. The summed E-state index contributed by atoms with van der Waals surface area (Å²) in [5.74, 6) is 0. The average molecular weight is 290 g/mol. The van der Waals surface area contributed by atoms with Gasteiger partial charge in [0.25, 0.3) is 0 Å². The maximum absolute atomic E-state index is 5.69.